The summed E-state index contributed by atoms with van der Waals surface area (Å²) in [6, 6.07) is 7.71. The lowest BCUT2D eigenvalue weighted by Gasteiger charge is -2.34. The molecule has 4 rings (SSSR count). The van der Waals surface area contributed by atoms with Crippen molar-refractivity contribution in [2.45, 2.75) is 45.6 Å². The molecule has 2 aliphatic rings. The minimum atomic E-state index is -0.527. The summed E-state index contributed by atoms with van der Waals surface area (Å²) in [6.07, 6.45) is 6.31. The van der Waals surface area contributed by atoms with Crippen LogP contribution in [0.4, 0.5) is 28.8 Å². The maximum atomic E-state index is 13.1. The number of methoxy groups -OCH3 is 1. The van der Waals surface area contributed by atoms with Gasteiger partial charge in [0.1, 0.15) is 12.3 Å². The third-order valence-corrected chi connectivity index (χ3v) is 6.28. The second-order valence-corrected chi connectivity index (χ2v) is 9.40. The summed E-state index contributed by atoms with van der Waals surface area (Å²) in [5, 5.41) is 6.04. The van der Waals surface area contributed by atoms with E-state index in [-0.39, 0.29) is 18.4 Å². The topological polar surface area (TPSA) is 99.7 Å². The minimum absolute atomic E-state index is 0.00875. The Morgan fingerprint density at radius 3 is 2.70 bits per heavy atom. The van der Waals surface area contributed by atoms with Gasteiger partial charge in [-0.1, -0.05) is 18.9 Å². The Bertz CT molecular complexity index is 1030. The molecule has 0 unspecified atom stereocenters. The highest BCUT2D eigenvalue weighted by Gasteiger charge is 2.41. The van der Waals surface area contributed by atoms with Crippen LogP contribution in [0.3, 0.4) is 0 Å². The number of benzene rings is 1. The van der Waals surface area contributed by atoms with Crippen LogP contribution < -0.4 is 20.4 Å². The normalized spacial score (nSPS) is 18.1. The molecular weight excluding hydrogens is 420 g/mol. The van der Waals surface area contributed by atoms with Gasteiger partial charge in [0.2, 0.25) is 17.8 Å². The lowest BCUT2D eigenvalue weighted by molar-refractivity contribution is -0.125. The lowest BCUT2D eigenvalue weighted by atomic mass is 9.91. The third kappa shape index (κ3) is 4.93. The Morgan fingerprint density at radius 2 is 1.97 bits per heavy atom. The second-order valence-electron chi connectivity index (χ2n) is 9.40. The van der Waals surface area contributed by atoms with Crippen molar-refractivity contribution in [2.75, 3.05) is 47.7 Å². The monoisotopic (exact) mass is 452 g/mol. The van der Waals surface area contributed by atoms with E-state index >= 15 is 0 Å². The lowest BCUT2D eigenvalue weighted by Crippen LogP contribution is -2.45. The van der Waals surface area contributed by atoms with Crippen LogP contribution in [-0.4, -0.2) is 55.1 Å². The van der Waals surface area contributed by atoms with Gasteiger partial charge in [0.05, 0.1) is 11.6 Å². The Balaban J connectivity index is 1.64. The molecule has 0 radical (unpaired) electrons. The van der Waals surface area contributed by atoms with E-state index in [2.05, 4.69) is 20.5 Å². The Hall–Kier alpha value is -3.20. The van der Waals surface area contributed by atoms with Crippen LogP contribution in [0.25, 0.3) is 0 Å². The Kier molecular flexibility index (Phi) is 6.51. The van der Waals surface area contributed by atoms with Gasteiger partial charge in [-0.25, -0.2) is 4.98 Å². The number of ether oxygens (including phenoxy) is 1. The zero-order valence-corrected chi connectivity index (χ0v) is 19.7. The fourth-order valence-electron chi connectivity index (χ4n) is 4.66. The molecule has 2 aromatic rings. The SMILES string of the molecule is COCC(=O)Nc1cccc(Nc2ncc3c(n2)N(C2CCCC2)CC(C)(C)C(=O)N3C)c1. The molecule has 0 bridgehead atoms. The highest BCUT2D eigenvalue weighted by Crippen LogP contribution is 2.40. The molecule has 0 atom stereocenters. The van der Waals surface area contributed by atoms with E-state index < -0.39 is 5.41 Å². The second kappa shape index (κ2) is 9.35. The smallest absolute Gasteiger partial charge is 0.250 e. The molecular formula is C24H32N6O3. The molecule has 0 spiro atoms. The van der Waals surface area contributed by atoms with Gasteiger partial charge in [-0.15, -0.1) is 0 Å². The number of aromatic nitrogens is 2. The summed E-state index contributed by atoms with van der Waals surface area (Å²) in [5.41, 5.74) is 1.59. The van der Waals surface area contributed by atoms with Gasteiger partial charge in [-0.05, 0) is 44.9 Å². The number of nitrogens with zero attached hydrogens (tertiary/aromatic N) is 4. The molecule has 33 heavy (non-hydrogen) atoms. The van der Waals surface area contributed by atoms with E-state index in [0.29, 0.717) is 24.2 Å². The van der Waals surface area contributed by atoms with E-state index in [1.807, 2.05) is 32.0 Å². The fraction of sp³-hybridized carbons (Fsp3) is 0.500. The van der Waals surface area contributed by atoms with E-state index in [9.17, 15) is 9.59 Å². The highest BCUT2D eigenvalue weighted by molar-refractivity contribution is 6.01. The number of rotatable bonds is 6. The molecule has 1 fully saturated rings. The van der Waals surface area contributed by atoms with Crippen LogP contribution >= 0.6 is 0 Å². The first kappa shape index (κ1) is 23.0. The van der Waals surface area contributed by atoms with Crippen molar-refractivity contribution in [1.29, 1.82) is 0 Å². The molecule has 1 aliphatic heterocycles. The van der Waals surface area contributed by atoms with Gasteiger partial charge in [0.25, 0.3) is 0 Å². The zero-order chi connectivity index (χ0) is 23.6. The predicted octanol–water partition coefficient (Wildman–Crippen LogP) is 3.56. The van der Waals surface area contributed by atoms with E-state index in [4.69, 9.17) is 9.72 Å². The first-order valence-electron chi connectivity index (χ1n) is 11.4. The summed E-state index contributed by atoms with van der Waals surface area (Å²) >= 11 is 0. The van der Waals surface area contributed by atoms with Crippen LogP contribution in [0, 0.1) is 5.41 Å². The van der Waals surface area contributed by atoms with Crippen LogP contribution in [0.2, 0.25) is 0 Å². The number of carbonyl (C=O) groups excluding carboxylic acids is 2. The number of anilines is 5. The van der Waals surface area contributed by atoms with Crippen molar-refractivity contribution >= 4 is 40.6 Å². The van der Waals surface area contributed by atoms with Crippen LogP contribution in [0.15, 0.2) is 30.5 Å². The van der Waals surface area contributed by atoms with Gasteiger partial charge >= 0.3 is 0 Å². The van der Waals surface area contributed by atoms with Gasteiger partial charge < -0.3 is 25.2 Å². The van der Waals surface area contributed by atoms with Crippen molar-refractivity contribution < 1.29 is 14.3 Å². The van der Waals surface area contributed by atoms with Crippen molar-refractivity contribution in [3.8, 4) is 0 Å². The highest BCUT2D eigenvalue weighted by atomic mass is 16.5. The average Bonchev–Trinajstić information content (AvgIpc) is 3.29. The summed E-state index contributed by atoms with van der Waals surface area (Å²) in [6.45, 7) is 4.60. The summed E-state index contributed by atoms with van der Waals surface area (Å²) in [4.78, 5) is 38.3. The van der Waals surface area contributed by atoms with E-state index in [1.54, 1.807) is 24.2 Å². The average molecular weight is 453 g/mol. The maximum absolute atomic E-state index is 13.1. The van der Waals surface area contributed by atoms with Gasteiger partial charge in [0.15, 0.2) is 5.82 Å². The zero-order valence-electron chi connectivity index (χ0n) is 19.7. The molecule has 9 heteroatoms. The van der Waals surface area contributed by atoms with E-state index in [0.717, 1.165) is 30.0 Å². The number of nitrogens with one attached hydrogen (secondary N) is 2. The number of amides is 2. The predicted molar refractivity (Wildman–Crippen MR) is 129 cm³/mol. The van der Waals surface area contributed by atoms with E-state index in [1.165, 1.54) is 20.0 Å². The molecule has 0 saturated heterocycles. The molecule has 1 aromatic carbocycles. The summed E-state index contributed by atoms with van der Waals surface area (Å²) < 4.78 is 4.87. The number of hydrogen-bond acceptors (Lipinski definition) is 7. The molecule has 2 amide bonds. The number of carbonyl (C=O) groups is 2. The van der Waals surface area contributed by atoms with Crippen molar-refractivity contribution in [3.63, 3.8) is 0 Å². The van der Waals surface area contributed by atoms with Crippen molar-refractivity contribution in [2.24, 2.45) is 5.41 Å². The molecule has 1 aliphatic carbocycles. The molecule has 2 N–H and O–H groups in total. The van der Waals surface area contributed by atoms with Crippen LogP contribution in [0.1, 0.15) is 39.5 Å². The molecule has 9 nitrogen and oxygen atoms in total. The summed E-state index contributed by atoms with van der Waals surface area (Å²) in [5.74, 6) is 1.06. The van der Waals surface area contributed by atoms with Gasteiger partial charge in [-0.2, -0.15) is 4.98 Å². The number of fused-ring (bicyclic) bond motifs is 1. The Labute approximate surface area is 194 Å². The summed E-state index contributed by atoms with van der Waals surface area (Å²) in [7, 11) is 3.28. The quantitative estimate of drug-likeness (QED) is 0.691. The largest absolute Gasteiger partial charge is 0.375 e. The molecule has 2 heterocycles. The first-order valence-corrected chi connectivity index (χ1v) is 11.4. The Morgan fingerprint density at radius 1 is 1.24 bits per heavy atom. The molecule has 1 aromatic heterocycles. The van der Waals surface area contributed by atoms with Crippen LogP contribution in [-0.2, 0) is 14.3 Å². The fourth-order valence-corrected chi connectivity index (χ4v) is 4.66. The molecule has 176 valence electrons. The molecule has 1 saturated carbocycles. The third-order valence-electron chi connectivity index (χ3n) is 6.28. The van der Waals surface area contributed by atoms with Crippen molar-refractivity contribution in [3.05, 3.63) is 30.5 Å². The number of hydrogen-bond donors (Lipinski definition) is 2. The van der Waals surface area contributed by atoms with Crippen LogP contribution in [0.5, 0.6) is 0 Å². The van der Waals surface area contributed by atoms with Crippen molar-refractivity contribution in [1.82, 2.24) is 9.97 Å². The maximum Gasteiger partial charge on any atom is 0.250 e. The van der Waals surface area contributed by atoms with Gasteiger partial charge in [0, 0.05) is 38.1 Å². The first-order chi connectivity index (χ1) is 15.8. The minimum Gasteiger partial charge on any atom is -0.375 e. The van der Waals surface area contributed by atoms with Gasteiger partial charge in [-0.3, -0.25) is 9.59 Å². The standard InChI is InChI=1S/C24H32N6O3/c1-24(2)15-30(18-10-5-6-11-18)21-19(29(3)22(24)32)13-25-23(28-21)27-17-9-7-8-16(12-17)26-20(31)14-33-4/h7-9,12-13,18H,5-6,10-11,14-15H2,1-4H3,(H,26,31)(H,25,27,28).